The summed E-state index contributed by atoms with van der Waals surface area (Å²) in [5.74, 6) is 2.20. The molecule has 1 aliphatic rings. The Morgan fingerprint density at radius 2 is 2.25 bits per heavy atom. The maximum absolute atomic E-state index is 6.07. The Labute approximate surface area is 125 Å². The summed E-state index contributed by atoms with van der Waals surface area (Å²) in [6, 6.07) is 5.83. The predicted octanol–water partition coefficient (Wildman–Crippen LogP) is 3.10. The van der Waals surface area contributed by atoms with Crippen molar-refractivity contribution in [1.29, 1.82) is 0 Å². The van der Waals surface area contributed by atoms with Crippen LogP contribution in [0.2, 0.25) is 0 Å². The van der Waals surface area contributed by atoms with Gasteiger partial charge in [-0.15, -0.1) is 0 Å². The molecular weight excluding hydrogens is 322 g/mol. The molecule has 2 aromatic rings. The summed E-state index contributed by atoms with van der Waals surface area (Å²) in [6.45, 7) is 0. The molecule has 1 aromatic heterocycles. The SMILES string of the molecule is COc1ccc(-c2noc(C3CCCC3N)n2)cc1Br. The van der Waals surface area contributed by atoms with Crippen molar-refractivity contribution in [2.75, 3.05) is 7.11 Å². The highest BCUT2D eigenvalue weighted by Crippen LogP contribution is 2.34. The minimum absolute atomic E-state index is 0.130. The second kappa shape index (κ2) is 5.54. The smallest absolute Gasteiger partial charge is 0.231 e. The van der Waals surface area contributed by atoms with Crippen LogP contribution in [0.5, 0.6) is 5.75 Å². The summed E-state index contributed by atoms with van der Waals surface area (Å²) in [4.78, 5) is 4.49. The standard InChI is InChI=1S/C14H16BrN3O2/c1-19-12-6-5-8(7-10(12)15)13-17-14(20-18-13)9-3-2-4-11(9)16/h5-7,9,11H,2-4,16H2,1H3. The van der Waals surface area contributed by atoms with E-state index in [2.05, 4.69) is 26.1 Å². The van der Waals surface area contributed by atoms with Gasteiger partial charge in [0.2, 0.25) is 11.7 Å². The molecule has 1 aromatic carbocycles. The van der Waals surface area contributed by atoms with Crippen molar-refractivity contribution in [2.45, 2.75) is 31.2 Å². The minimum Gasteiger partial charge on any atom is -0.496 e. The van der Waals surface area contributed by atoms with Crippen molar-refractivity contribution in [1.82, 2.24) is 10.1 Å². The predicted molar refractivity (Wildman–Crippen MR) is 78.6 cm³/mol. The van der Waals surface area contributed by atoms with Gasteiger partial charge in [-0.05, 0) is 47.0 Å². The van der Waals surface area contributed by atoms with Crippen molar-refractivity contribution in [3.05, 3.63) is 28.6 Å². The minimum atomic E-state index is 0.130. The Morgan fingerprint density at radius 1 is 1.40 bits per heavy atom. The largest absolute Gasteiger partial charge is 0.496 e. The molecule has 0 radical (unpaired) electrons. The Morgan fingerprint density at radius 3 is 2.90 bits per heavy atom. The zero-order chi connectivity index (χ0) is 14.1. The van der Waals surface area contributed by atoms with E-state index >= 15 is 0 Å². The van der Waals surface area contributed by atoms with Crippen LogP contribution in [0, 0.1) is 0 Å². The fraction of sp³-hybridized carbons (Fsp3) is 0.429. The highest BCUT2D eigenvalue weighted by Gasteiger charge is 2.30. The average Bonchev–Trinajstić information content (AvgIpc) is 3.07. The number of ether oxygens (including phenoxy) is 1. The molecule has 1 saturated carbocycles. The summed E-state index contributed by atoms with van der Waals surface area (Å²) in [5, 5.41) is 4.06. The van der Waals surface area contributed by atoms with Gasteiger partial charge in [0.25, 0.3) is 0 Å². The quantitative estimate of drug-likeness (QED) is 0.931. The fourth-order valence-electron chi connectivity index (χ4n) is 2.60. The van der Waals surface area contributed by atoms with Crippen molar-refractivity contribution in [3.63, 3.8) is 0 Å². The van der Waals surface area contributed by atoms with Crippen LogP contribution in [0.15, 0.2) is 27.2 Å². The van der Waals surface area contributed by atoms with Crippen molar-refractivity contribution in [2.24, 2.45) is 5.73 Å². The molecule has 5 nitrogen and oxygen atoms in total. The third-order valence-corrected chi connectivity index (χ3v) is 4.36. The van der Waals surface area contributed by atoms with Gasteiger partial charge in [-0.1, -0.05) is 11.6 Å². The molecule has 2 N–H and O–H groups in total. The summed E-state index contributed by atoms with van der Waals surface area (Å²) in [6.07, 6.45) is 3.17. The fourth-order valence-corrected chi connectivity index (χ4v) is 3.14. The first-order chi connectivity index (χ1) is 9.69. The molecule has 106 valence electrons. The van der Waals surface area contributed by atoms with Gasteiger partial charge in [-0.2, -0.15) is 4.98 Å². The lowest BCUT2D eigenvalue weighted by atomic mass is 10.1. The number of rotatable bonds is 3. The van der Waals surface area contributed by atoms with Gasteiger partial charge in [0.15, 0.2) is 0 Å². The number of hydrogen-bond donors (Lipinski definition) is 1. The van der Waals surface area contributed by atoms with Crippen LogP contribution in [0.1, 0.15) is 31.1 Å². The van der Waals surface area contributed by atoms with E-state index in [9.17, 15) is 0 Å². The number of nitrogens with zero attached hydrogens (tertiary/aromatic N) is 2. The lowest BCUT2D eigenvalue weighted by molar-refractivity contribution is 0.345. The molecule has 6 heteroatoms. The number of aromatic nitrogens is 2. The van der Waals surface area contributed by atoms with Crippen LogP contribution in [0.4, 0.5) is 0 Å². The third-order valence-electron chi connectivity index (χ3n) is 3.74. The van der Waals surface area contributed by atoms with Gasteiger partial charge in [0.1, 0.15) is 5.75 Å². The van der Waals surface area contributed by atoms with Crippen LogP contribution < -0.4 is 10.5 Å². The summed E-state index contributed by atoms with van der Waals surface area (Å²) >= 11 is 3.46. The Kier molecular flexibility index (Phi) is 3.76. The molecule has 2 atom stereocenters. The summed E-state index contributed by atoms with van der Waals surface area (Å²) in [7, 11) is 1.63. The molecule has 2 unspecified atom stereocenters. The zero-order valence-electron chi connectivity index (χ0n) is 11.2. The van der Waals surface area contributed by atoms with Crippen molar-refractivity contribution >= 4 is 15.9 Å². The molecule has 3 rings (SSSR count). The second-order valence-corrected chi connectivity index (χ2v) is 5.86. The average molecular weight is 338 g/mol. The molecular formula is C14H16BrN3O2. The van der Waals surface area contributed by atoms with Crippen LogP contribution in [-0.4, -0.2) is 23.3 Å². The van der Waals surface area contributed by atoms with Crippen molar-refractivity contribution < 1.29 is 9.26 Å². The first-order valence-corrected chi connectivity index (χ1v) is 7.41. The Balaban J connectivity index is 1.88. The maximum atomic E-state index is 6.07. The number of nitrogens with two attached hydrogens (primary N) is 1. The zero-order valence-corrected chi connectivity index (χ0v) is 12.8. The lowest BCUT2D eigenvalue weighted by Crippen LogP contribution is -2.22. The Bertz CT molecular complexity index is 614. The van der Waals surface area contributed by atoms with Crippen LogP contribution in [0.25, 0.3) is 11.4 Å². The highest BCUT2D eigenvalue weighted by molar-refractivity contribution is 9.10. The molecule has 20 heavy (non-hydrogen) atoms. The van der Waals surface area contributed by atoms with Crippen LogP contribution in [0.3, 0.4) is 0 Å². The molecule has 0 amide bonds. The lowest BCUT2D eigenvalue weighted by Gasteiger charge is -2.08. The topological polar surface area (TPSA) is 74.2 Å². The van der Waals surface area contributed by atoms with Gasteiger partial charge < -0.3 is 15.0 Å². The number of methoxy groups -OCH3 is 1. The third kappa shape index (κ3) is 2.45. The highest BCUT2D eigenvalue weighted by atomic mass is 79.9. The van der Waals surface area contributed by atoms with Gasteiger partial charge in [0.05, 0.1) is 17.5 Å². The number of benzene rings is 1. The molecule has 0 spiro atoms. The van der Waals surface area contributed by atoms with Crippen LogP contribution in [-0.2, 0) is 0 Å². The van der Waals surface area contributed by atoms with Gasteiger partial charge in [-0.25, -0.2) is 0 Å². The van der Waals surface area contributed by atoms with Crippen molar-refractivity contribution in [3.8, 4) is 17.1 Å². The van der Waals surface area contributed by atoms with Gasteiger partial charge >= 0.3 is 0 Å². The molecule has 0 bridgehead atoms. The van der Waals surface area contributed by atoms with Gasteiger partial charge in [-0.3, -0.25) is 0 Å². The van der Waals surface area contributed by atoms with E-state index in [1.807, 2.05) is 18.2 Å². The van der Waals surface area contributed by atoms with Gasteiger partial charge in [0, 0.05) is 11.6 Å². The summed E-state index contributed by atoms with van der Waals surface area (Å²) in [5.41, 5.74) is 6.96. The first kappa shape index (κ1) is 13.6. The van der Waals surface area contributed by atoms with Crippen LogP contribution >= 0.6 is 15.9 Å². The molecule has 1 heterocycles. The Hall–Kier alpha value is -1.40. The first-order valence-electron chi connectivity index (χ1n) is 6.62. The molecule has 0 saturated heterocycles. The summed E-state index contributed by atoms with van der Waals surface area (Å²) < 4.78 is 11.5. The van der Waals surface area contributed by atoms with E-state index in [0.717, 1.165) is 35.0 Å². The molecule has 1 aliphatic carbocycles. The number of halogens is 1. The monoisotopic (exact) mass is 337 g/mol. The normalized spacial score (nSPS) is 22.1. The van der Waals surface area contributed by atoms with E-state index < -0.39 is 0 Å². The molecule has 1 fully saturated rings. The van der Waals surface area contributed by atoms with E-state index in [4.69, 9.17) is 15.0 Å². The van der Waals surface area contributed by atoms with E-state index in [1.165, 1.54) is 0 Å². The number of hydrogen-bond acceptors (Lipinski definition) is 5. The second-order valence-electron chi connectivity index (χ2n) is 5.01. The van der Waals surface area contributed by atoms with E-state index in [0.29, 0.717) is 11.7 Å². The molecule has 0 aliphatic heterocycles. The van der Waals surface area contributed by atoms with E-state index in [1.54, 1.807) is 7.11 Å². The van der Waals surface area contributed by atoms with E-state index in [-0.39, 0.29) is 12.0 Å². The maximum Gasteiger partial charge on any atom is 0.231 e.